The van der Waals surface area contributed by atoms with Crippen LogP contribution in [0.3, 0.4) is 0 Å². The molecule has 0 bridgehead atoms. The topological polar surface area (TPSA) is 47.0 Å². The van der Waals surface area contributed by atoms with Crippen LogP contribution in [0.1, 0.15) is 12.5 Å². The van der Waals surface area contributed by atoms with Crippen molar-refractivity contribution in [3.8, 4) is 11.6 Å². The molecule has 0 saturated heterocycles. The Labute approximate surface area is 111 Å². The molecule has 0 unspecified atom stereocenters. The number of aromatic nitrogens is 2. The molecule has 0 fully saturated rings. The first-order chi connectivity index (χ1) is 8.69. The van der Waals surface area contributed by atoms with E-state index in [0.29, 0.717) is 16.7 Å². The highest BCUT2D eigenvalue weighted by atomic mass is 35.5. The summed E-state index contributed by atoms with van der Waals surface area (Å²) in [7, 11) is 0. The average molecular weight is 264 g/mol. The molecule has 1 aromatic carbocycles. The fraction of sp³-hybridized carbons (Fsp3) is 0.231. The Hall–Kier alpha value is -1.81. The number of nitrogens with zero attached hydrogens (tertiary/aromatic N) is 2. The van der Waals surface area contributed by atoms with Gasteiger partial charge in [0.1, 0.15) is 17.9 Å². The van der Waals surface area contributed by atoms with Gasteiger partial charge in [-0.05, 0) is 31.5 Å². The smallest absolute Gasteiger partial charge is 0.224 e. The van der Waals surface area contributed by atoms with Crippen molar-refractivity contribution in [2.45, 2.75) is 13.8 Å². The van der Waals surface area contributed by atoms with Gasteiger partial charge in [0.15, 0.2) is 0 Å². The third-order valence-corrected chi connectivity index (χ3v) is 2.60. The Morgan fingerprint density at radius 1 is 1.28 bits per heavy atom. The molecule has 2 rings (SSSR count). The van der Waals surface area contributed by atoms with Crippen LogP contribution in [0.2, 0.25) is 5.02 Å². The highest BCUT2D eigenvalue weighted by Crippen LogP contribution is 2.29. The SMILES string of the molecule is CCNc1cc(Oc2ccc(C)cc2Cl)ncn1. The molecule has 4 nitrogen and oxygen atoms in total. The maximum absolute atomic E-state index is 6.10. The molecule has 1 aromatic heterocycles. The molecule has 94 valence electrons. The normalized spacial score (nSPS) is 10.2. The summed E-state index contributed by atoms with van der Waals surface area (Å²) in [6, 6.07) is 7.35. The van der Waals surface area contributed by atoms with E-state index in [1.54, 1.807) is 6.07 Å². The highest BCUT2D eigenvalue weighted by Gasteiger charge is 2.05. The van der Waals surface area contributed by atoms with Crippen molar-refractivity contribution in [2.75, 3.05) is 11.9 Å². The van der Waals surface area contributed by atoms with E-state index < -0.39 is 0 Å². The number of aryl methyl sites for hydroxylation is 1. The van der Waals surface area contributed by atoms with Crippen molar-refractivity contribution in [3.05, 3.63) is 41.2 Å². The summed E-state index contributed by atoms with van der Waals surface area (Å²) in [4.78, 5) is 8.12. The number of anilines is 1. The summed E-state index contributed by atoms with van der Waals surface area (Å²) < 4.78 is 5.63. The van der Waals surface area contributed by atoms with Gasteiger partial charge in [0.05, 0.1) is 5.02 Å². The average Bonchev–Trinajstić information content (AvgIpc) is 2.34. The van der Waals surface area contributed by atoms with Crippen LogP contribution in [0.25, 0.3) is 0 Å². The Kier molecular flexibility index (Phi) is 3.99. The van der Waals surface area contributed by atoms with Crippen LogP contribution in [-0.4, -0.2) is 16.5 Å². The standard InChI is InChI=1S/C13H14ClN3O/c1-3-15-12-7-13(17-8-16-12)18-11-5-4-9(2)6-10(11)14/h4-8H,3H2,1-2H3,(H,15,16,17). The summed E-state index contributed by atoms with van der Waals surface area (Å²) in [6.07, 6.45) is 1.45. The van der Waals surface area contributed by atoms with Crippen molar-refractivity contribution < 1.29 is 4.74 Å². The third kappa shape index (κ3) is 3.11. The van der Waals surface area contributed by atoms with E-state index in [1.807, 2.05) is 32.0 Å². The summed E-state index contributed by atoms with van der Waals surface area (Å²) in [5, 5.41) is 3.66. The van der Waals surface area contributed by atoms with Gasteiger partial charge in [0, 0.05) is 12.6 Å². The summed E-state index contributed by atoms with van der Waals surface area (Å²) in [6.45, 7) is 4.77. The van der Waals surface area contributed by atoms with Crippen LogP contribution in [0, 0.1) is 6.92 Å². The fourth-order valence-electron chi connectivity index (χ4n) is 1.47. The van der Waals surface area contributed by atoms with Gasteiger partial charge in [0.25, 0.3) is 0 Å². The second-order valence-electron chi connectivity index (χ2n) is 3.81. The summed E-state index contributed by atoms with van der Waals surface area (Å²) in [5.41, 5.74) is 1.09. The van der Waals surface area contributed by atoms with Crippen LogP contribution >= 0.6 is 11.6 Å². The van der Waals surface area contributed by atoms with Crippen molar-refractivity contribution >= 4 is 17.4 Å². The maximum atomic E-state index is 6.10. The molecule has 1 N–H and O–H groups in total. The minimum Gasteiger partial charge on any atom is -0.437 e. The highest BCUT2D eigenvalue weighted by molar-refractivity contribution is 6.32. The van der Waals surface area contributed by atoms with Gasteiger partial charge in [-0.3, -0.25) is 0 Å². The van der Waals surface area contributed by atoms with Gasteiger partial charge in [-0.25, -0.2) is 9.97 Å². The Morgan fingerprint density at radius 2 is 2.11 bits per heavy atom. The van der Waals surface area contributed by atoms with E-state index in [0.717, 1.165) is 17.9 Å². The van der Waals surface area contributed by atoms with Gasteiger partial charge >= 0.3 is 0 Å². The van der Waals surface area contributed by atoms with Crippen LogP contribution in [0.15, 0.2) is 30.6 Å². The zero-order valence-electron chi connectivity index (χ0n) is 10.3. The molecule has 1 heterocycles. The molecular weight excluding hydrogens is 250 g/mol. The van der Waals surface area contributed by atoms with Crippen molar-refractivity contribution in [1.29, 1.82) is 0 Å². The van der Waals surface area contributed by atoms with Crippen LogP contribution < -0.4 is 10.1 Å². The quantitative estimate of drug-likeness (QED) is 0.914. The molecule has 0 spiro atoms. The van der Waals surface area contributed by atoms with Gasteiger partial charge in [-0.1, -0.05) is 17.7 Å². The number of nitrogens with one attached hydrogen (secondary N) is 1. The lowest BCUT2D eigenvalue weighted by Gasteiger charge is -2.08. The van der Waals surface area contributed by atoms with E-state index in [9.17, 15) is 0 Å². The van der Waals surface area contributed by atoms with Gasteiger partial charge in [-0.15, -0.1) is 0 Å². The number of hydrogen-bond acceptors (Lipinski definition) is 4. The molecule has 18 heavy (non-hydrogen) atoms. The van der Waals surface area contributed by atoms with Crippen LogP contribution in [-0.2, 0) is 0 Å². The zero-order chi connectivity index (χ0) is 13.0. The predicted octanol–water partition coefficient (Wildman–Crippen LogP) is 3.66. The second kappa shape index (κ2) is 5.69. The van der Waals surface area contributed by atoms with Crippen molar-refractivity contribution in [2.24, 2.45) is 0 Å². The van der Waals surface area contributed by atoms with Gasteiger partial charge in [0.2, 0.25) is 5.88 Å². The molecule has 0 radical (unpaired) electrons. The number of halogens is 1. The number of rotatable bonds is 4. The second-order valence-corrected chi connectivity index (χ2v) is 4.21. The summed E-state index contributed by atoms with van der Waals surface area (Å²) >= 11 is 6.10. The van der Waals surface area contributed by atoms with Crippen LogP contribution in [0.5, 0.6) is 11.6 Å². The lowest BCUT2D eigenvalue weighted by molar-refractivity contribution is 0.462. The van der Waals surface area contributed by atoms with Crippen molar-refractivity contribution in [3.63, 3.8) is 0 Å². The molecule has 5 heteroatoms. The Morgan fingerprint density at radius 3 is 2.83 bits per heavy atom. The first kappa shape index (κ1) is 12.6. The molecule has 0 aliphatic rings. The molecule has 0 amide bonds. The van der Waals surface area contributed by atoms with Gasteiger partial charge in [-0.2, -0.15) is 0 Å². The fourth-order valence-corrected chi connectivity index (χ4v) is 1.75. The molecule has 0 aliphatic carbocycles. The maximum Gasteiger partial charge on any atom is 0.224 e. The minimum atomic E-state index is 0.465. The molecule has 2 aromatic rings. The van der Waals surface area contributed by atoms with Crippen molar-refractivity contribution in [1.82, 2.24) is 9.97 Å². The molecule has 0 atom stereocenters. The summed E-state index contributed by atoms with van der Waals surface area (Å²) in [5.74, 6) is 1.78. The van der Waals surface area contributed by atoms with E-state index >= 15 is 0 Å². The number of benzene rings is 1. The molecule has 0 aliphatic heterocycles. The monoisotopic (exact) mass is 263 g/mol. The van der Waals surface area contributed by atoms with E-state index in [-0.39, 0.29) is 0 Å². The van der Waals surface area contributed by atoms with E-state index in [2.05, 4.69) is 15.3 Å². The third-order valence-electron chi connectivity index (χ3n) is 2.30. The van der Waals surface area contributed by atoms with Gasteiger partial charge < -0.3 is 10.1 Å². The number of hydrogen-bond donors (Lipinski definition) is 1. The van der Waals surface area contributed by atoms with E-state index in [1.165, 1.54) is 6.33 Å². The molecular formula is C13H14ClN3O. The lowest BCUT2D eigenvalue weighted by atomic mass is 10.2. The first-order valence-corrected chi connectivity index (χ1v) is 6.06. The van der Waals surface area contributed by atoms with E-state index in [4.69, 9.17) is 16.3 Å². The Bertz CT molecular complexity index is 546. The first-order valence-electron chi connectivity index (χ1n) is 5.69. The largest absolute Gasteiger partial charge is 0.437 e. The predicted molar refractivity (Wildman–Crippen MR) is 72.5 cm³/mol. The molecule has 0 saturated carbocycles. The zero-order valence-corrected chi connectivity index (χ0v) is 11.0. The van der Waals surface area contributed by atoms with Crippen LogP contribution in [0.4, 0.5) is 5.82 Å². The number of ether oxygens (including phenoxy) is 1. The minimum absolute atomic E-state index is 0.465. The lowest BCUT2D eigenvalue weighted by Crippen LogP contribution is -2.00. The Balaban J connectivity index is 2.20.